The second-order valence-corrected chi connectivity index (χ2v) is 18.4. The second kappa shape index (κ2) is 14.0. The van der Waals surface area contributed by atoms with E-state index in [0.29, 0.717) is 6.61 Å². The van der Waals surface area contributed by atoms with Gasteiger partial charge >= 0.3 is 0 Å². The van der Waals surface area contributed by atoms with Gasteiger partial charge in [0.25, 0.3) is 8.32 Å². The zero-order chi connectivity index (χ0) is 31.6. The fraction of sp³-hybridized carbons (Fsp3) is 0.613. The van der Waals surface area contributed by atoms with Crippen molar-refractivity contribution < 1.29 is 27.9 Å². The molecule has 3 fully saturated rings. The van der Waals surface area contributed by atoms with Crippen molar-refractivity contribution in [3.05, 3.63) is 71.1 Å². The molecule has 5 rings (SSSR count). The van der Waals surface area contributed by atoms with Crippen molar-refractivity contribution in [1.29, 1.82) is 0 Å². The minimum atomic E-state index is -2.87. The highest BCUT2D eigenvalue weighted by atomic mass is 31.1. The van der Waals surface area contributed by atoms with E-state index in [1.807, 2.05) is 19.1 Å². The first-order valence-corrected chi connectivity index (χ1v) is 18.6. The number of rotatable bonds is 10. The maximum Gasteiger partial charge on any atom is 0.261 e. The first-order valence-electron chi connectivity index (χ1n) is 15.3. The van der Waals surface area contributed by atoms with Crippen LogP contribution in [0.1, 0.15) is 41.5 Å². The molecule has 232 valence electrons. The molecule has 0 spiro atoms. The third-order valence-corrected chi connectivity index (χ3v) is 15.0. The maximum atomic E-state index is 9.57. The van der Waals surface area contributed by atoms with Crippen LogP contribution >= 0.6 is 7.91 Å². The molecule has 3 heterocycles. The normalized spacial score (nSPS) is 34.1. The molecule has 2 aromatic rings. The van der Waals surface area contributed by atoms with Crippen LogP contribution in [0.3, 0.4) is 0 Å². The van der Waals surface area contributed by atoms with Crippen molar-refractivity contribution in [2.24, 2.45) is 22.9 Å². The summed E-state index contributed by atoms with van der Waals surface area (Å²) in [5.41, 5.74) is 9.57. The standard InChI is InChI=1S/C31H42B2N3O6PSi/c1-19-20(2)29-37-17-25(40-29)27(19)41-30-26(35-36-34)28(42-43(32)33)21(3)24(39-30)18-38-44(31(4,5)6,22-13-9-7-10-14-22)23-15-11-8-12-16-23/h7-16,19-21,24-30H,17-18H2,1-6H3/t19-,20?,21-,24?,25?,26?,27?,28+,29-,30-/m1/s1. The average Bonchev–Trinajstić information content (AvgIpc) is 3.45. The Morgan fingerprint density at radius 2 is 1.55 bits per heavy atom. The molecule has 2 aromatic carbocycles. The van der Waals surface area contributed by atoms with E-state index in [1.165, 1.54) is 10.4 Å². The summed E-state index contributed by atoms with van der Waals surface area (Å²) in [6.45, 7) is 13.6. The number of ether oxygens (including phenoxy) is 4. The summed E-state index contributed by atoms with van der Waals surface area (Å²) in [6.07, 6.45) is -2.91. The smallest absolute Gasteiger partial charge is 0.261 e. The van der Waals surface area contributed by atoms with E-state index < -0.39 is 40.8 Å². The first kappa shape index (κ1) is 33.6. The van der Waals surface area contributed by atoms with Gasteiger partial charge in [-0.1, -0.05) is 115 Å². The number of nitrogens with zero attached hydrogens (tertiary/aromatic N) is 3. The SMILES string of the molecule is [B]P([B])O[C@@H]1C(N=[N+]=[N-])[C@@H](OC2C3CO[C@H](O3)C(C)[C@H]2C)OC(CO[Si](c2ccccc2)(c2ccccc2)C(C)(C)C)[C@H]1C. The van der Waals surface area contributed by atoms with E-state index >= 15 is 0 Å². The van der Waals surface area contributed by atoms with Crippen molar-refractivity contribution in [3.8, 4) is 0 Å². The highest BCUT2D eigenvalue weighted by molar-refractivity contribution is 7.97. The van der Waals surface area contributed by atoms with Crippen LogP contribution in [0.15, 0.2) is 65.8 Å². The molecule has 9 nitrogen and oxygen atoms in total. The van der Waals surface area contributed by atoms with Crippen molar-refractivity contribution in [1.82, 2.24) is 0 Å². The lowest BCUT2D eigenvalue weighted by Crippen LogP contribution is -2.68. The van der Waals surface area contributed by atoms with Crippen LogP contribution in [0.25, 0.3) is 10.4 Å². The Labute approximate surface area is 266 Å². The molecule has 44 heavy (non-hydrogen) atoms. The molecule has 4 radical (unpaired) electrons. The minimum absolute atomic E-state index is 0.112. The van der Waals surface area contributed by atoms with Crippen LogP contribution in [-0.2, 0) is 27.9 Å². The van der Waals surface area contributed by atoms with Crippen molar-refractivity contribution in [2.45, 2.75) is 89.6 Å². The largest absolute Gasteiger partial charge is 0.405 e. The Balaban J connectivity index is 1.49. The average molecular weight is 633 g/mol. The van der Waals surface area contributed by atoms with Gasteiger partial charge in [-0.05, 0) is 26.9 Å². The molecule has 0 N–H and O–H groups in total. The van der Waals surface area contributed by atoms with Crippen LogP contribution in [0, 0.1) is 17.8 Å². The summed E-state index contributed by atoms with van der Waals surface area (Å²) < 4.78 is 38.7. The van der Waals surface area contributed by atoms with Gasteiger partial charge in [0.15, 0.2) is 12.6 Å². The van der Waals surface area contributed by atoms with Gasteiger partial charge in [0.1, 0.15) is 27.3 Å². The number of azide groups is 1. The molecule has 0 aliphatic carbocycles. The fourth-order valence-corrected chi connectivity index (χ4v) is 12.1. The molecule has 3 aliphatic rings. The topological polar surface area (TPSA) is 104 Å². The fourth-order valence-electron chi connectivity index (χ4n) is 6.95. The predicted octanol–water partition coefficient (Wildman–Crippen LogP) is 4.96. The van der Waals surface area contributed by atoms with Gasteiger partial charge in [0.05, 0.1) is 31.5 Å². The maximum absolute atomic E-state index is 9.57. The van der Waals surface area contributed by atoms with E-state index in [4.69, 9.17) is 43.0 Å². The van der Waals surface area contributed by atoms with Crippen molar-refractivity contribution in [2.75, 3.05) is 13.2 Å². The summed E-state index contributed by atoms with van der Waals surface area (Å²) in [4.78, 5) is 3.13. The molecule has 0 amide bonds. The number of hydrogen-bond donors (Lipinski definition) is 0. The summed E-state index contributed by atoms with van der Waals surface area (Å²) in [5.74, 6) is -0.0523. The van der Waals surface area contributed by atoms with Gasteiger partial charge in [-0.15, -0.1) is 0 Å². The quantitative estimate of drug-likeness (QED) is 0.121. The molecule has 5 unspecified atom stereocenters. The minimum Gasteiger partial charge on any atom is -0.405 e. The highest BCUT2D eigenvalue weighted by Gasteiger charge is 2.54. The molecule has 13 heteroatoms. The van der Waals surface area contributed by atoms with Gasteiger partial charge in [-0.25, -0.2) is 0 Å². The van der Waals surface area contributed by atoms with E-state index in [-0.39, 0.29) is 47.9 Å². The van der Waals surface area contributed by atoms with Gasteiger partial charge in [-0.3, -0.25) is 0 Å². The summed E-state index contributed by atoms with van der Waals surface area (Å²) >= 11 is 0. The van der Waals surface area contributed by atoms with Gasteiger partial charge < -0.3 is 27.9 Å². The molecule has 10 atom stereocenters. The molecule has 3 saturated heterocycles. The second-order valence-electron chi connectivity index (χ2n) is 13.2. The summed E-state index contributed by atoms with van der Waals surface area (Å²) in [7, 11) is 7.38. The number of hydrogen-bond acceptors (Lipinski definition) is 7. The van der Waals surface area contributed by atoms with Gasteiger partial charge in [-0.2, -0.15) is 0 Å². The molecular weight excluding hydrogens is 591 g/mol. The molecule has 0 saturated carbocycles. The van der Waals surface area contributed by atoms with Crippen molar-refractivity contribution in [3.63, 3.8) is 0 Å². The van der Waals surface area contributed by atoms with Crippen LogP contribution in [0.4, 0.5) is 0 Å². The predicted molar refractivity (Wildman–Crippen MR) is 175 cm³/mol. The van der Waals surface area contributed by atoms with Crippen LogP contribution in [0.5, 0.6) is 0 Å². The van der Waals surface area contributed by atoms with E-state index in [0.717, 1.165) is 0 Å². The lowest BCUT2D eigenvalue weighted by atomic mass is 9.85. The molecule has 0 aromatic heterocycles. The lowest BCUT2D eigenvalue weighted by Gasteiger charge is -2.49. The molecular formula is C31H42B2N3O6PSi. The summed E-state index contributed by atoms with van der Waals surface area (Å²) in [5, 5.41) is 6.21. The molecule has 3 aliphatic heterocycles. The number of benzene rings is 2. The Bertz CT molecular complexity index is 1250. The summed E-state index contributed by atoms with van der Waals surface area (Å²) in [6, 6.07) is 20.1. The highest BCUT2D eigenvalue weighted by Crippen LogP contribution is 2.43. The lowest BCUT2D eigenvalue weighted by molar-refractivity contribution is -0.290. The van der Waals surface area contributed by atoms with E-state index in [1.54, 1.807) is 0 Å². The van der Waals surface area contributed by atoms with E-state index in [9.17, 15) is 5.53 Å². The molecule has 2 bridgehead atoms. The van der Waals surface area contributed by atoms with Crippen LogP contribution < -0.4 is 10.4 Å². The third kappa shape index (κ3) is 6.57. The Kier molecular flexibility index (Phi) is 10.7. The van der Waals surface area contributed by atoms with Crippen LogP contribution in [-0.4, -0.2) is 79.7 Å². The van der Waals surface area contributed by atoms with Crippen molar-refractivity contribution >= 4 is 41.7 Å². The van der Waals surface area contributed by atoms with Gasteiger partial charge in [0.2, 0.25) is 0 Å². The Morgan fingerprint density at radius 3 is 2.09 bits per heavy atom. The number of fused-ring (bicyclic) bond motifs is 2. The Morgan fingerprint density at radius 1 is 0.932 bits per heavy atom. The first-order chi connectivity index (χ1) is 21.0. The monoisotopic (exact) mass is 633 g/mol. The zero-order valence-electron chi connectivity index (χ0n) is 26.4. The third-order valence-electron chi connectivity index (χ3n) is 9.51. The van der Waals surface area contributed by atoms with Gasteiger partial charge in [0, 0.05) is 16.7 Å². The zero-order valence-corrected chi connectivity index (χ0v) is 28.2. The van der Waals surface area contributed by atoms with E-state index in [2.05, 4.69) is 93.2 Å². The van der Waals surface area contributed by atoms with Crippen LogP contribution in [0.2, 0.25) is 5.04 Å². The Hall–Kier alpha value is -1.71.